The van der Waals surface area contributed by atoms with Crippen molar-refractivity contribution in [2.75, 3.05) is 0 Å². The standard InChI is InChI=1S/C13H12O3/c14-12(15)8-13(5-6-13)11-7-9-3-1-2-4-10(9)16-11/h1-4,7H,5-6,8H2,(H,14,15). The van der Waals surface area contributed by atoms with Gasteiger partial charge in [0.05, 0.1) is 6.42 Å². The largest absolute Gasteiger partial charge is 0.481 e. The van der Waals surface area contributed by atoms with E-state index in [4.69, 9.17) is 9.52 Å². The van der Waals surface area contributed by atoms with E-state index in [1.807, 2.05) is 30.3 Å². The first-order valence-electron chi connectivity index (χ1n) is 5.40. The normalized spacial score (nSPS) is 17.5. The molecule has 1 heterocycles. The lowest BCUT2D eigenvalue weighted by Crippen LogP contribution is -2.11. The van der Waals surface area contributed by atoms with Gasteiger partial charge in [0.15, 0.2) is 0 Å². The zero-order chi connectivity index (χ0) is 11.2. The zero-order valence-corrected chi connectivity index (χ0v) is 8.77. The molecule has 0 saturated heterocycles. The van der Waals surface area contributed by atoms with Crippen LogP contribution in [0.25, 0.3) is 11.0 Å². The van der Waals surface area contributed by atoms with Gasteiger partial charge in [0.1, 0.15) is 11.3 Å². The summed E-state index contributed by atoms with van der Waals surface area (Å²) in [7, 11) is 0. The molecule has 0 aliphatic heterocycles. The van der Waals surface area contributed by atoms with Crippen LogP contribution in [0.3, 0.4) is 0 Å². The molecule has 1 fully saturated rings. The van der Waals surface area contributed by atoms with E-state index < -0.39 is 5.97 Å². The number of fused-ring (bicyclic) bond motifs is 1. The highest BCUT2D eigenvalue weighted by Crippen LogP contribution is 2.52. The maximum absolute atomic E-state index is 10.8. The highest BCUT2D eigenvalue weighted by atomic mass is 16.4. The van der Waals surface area contributed by atoms with Crippen LogP contribution in [0.5, 0.6) is 0 Å². The maximum atomic E-state index is 10.8. The van der Waals surface area contributed by atoms with Gasteiger partial charge in [0.2, 0.25) is 0 Å². The molecule has 1 saturated carbocycles. The van der Waals surface area contributed by atoms with Gasteiger partial charge in [-0.2, -0.15) is 0 Å². The molecule has 16 heavy (non-hydrogen) atoms. The van der Waals surface area contributed by atoms with Crippen LogP contribution in [0.2, 0.25) is 0 Å². The minimum absolute atomic E-state index is 0.173. The lowest BCUT2D eigenvalue weighted by molar-refractivity contribution is -0.137. The second-order valence-corrected chi connectivity index (χ2v) is 4.50. The van der Waals surface area contributed by atoms with E-state index in [1.54, 1.807) is 0 Å². The number of para-hydroxylation sites is 1. The number of carboxylic acid groups (broad SMARTS) is 1. The van der Waals surface area contributed by atoms with E-state index in [-0.39, 0.29) is 11.8 Å². The van der Waals surface area contributed by atoms with Crippen molar-refractivity contribution in [2.45, 2.75) is 24.7 Å². The van der Waals surface area contributed by atoms with Crippen molar-refractivity contribution in [3.8, 4) is 0 Å². The lowest BCUT2D eigenvalue weighted by Gasteiger charge is -2.07. The van der Waals surface area contributed by atoms with Crippen LogP contribution in [-0.2, 0) is 10.2 Å². The van der Waals surface area contributed by atoms with Crippen LogP contribution in [-0.4, -0.2) is 11.1 Å². The van der Waals surface area contributed by atoms with Crippen molar-refractivity contribution in [3.05, 3.63) is 36.1 Å². The smallest absolute Gasteiger partial charge is 0.304 e. The molecule has 1 N–H and O–H groups in total. The summed E-state index contributed by atoms with van der Waals surface area (Å²) in [6, 6.07) is 9.75. The van der Waals surface area contributed by atoms with Gasteiger partial charge in [0, 0.05) is 10.8 Å². The summed E-state index contributed by atoms with van der Waals surface area (Å²) in [6.45, 7) is 0. The maximum Gasteiger partial charge on any atom is 0.304 e. The van der Waals surface area contributed by atoms with Crippen LogP contribution in [0.15, 0.2) is 34.7 Å². The summed E-state index contributed by atoms with van der Waals surface area (Å²) >= 11 is 0. The molecular weight excluding hydrogens is 204 g/mol. The van der Waals surface area contributed by atoms with Gasteiger partial charge in [-0.25, -0.2) is 0 Å². The first-order chi connectivity index (χ1) is 7.70. The fourth-order valence-corrected chi connectivity index (χ4v) is 2.19. The first kappa shape index (κ1) is 9.46. The topological polar surface area (TPSA) is 50.4 Å². The Bertz CT molecular complexity index is 516. The van der Waals surface area contributed by atoms with E-state index in [2.05, 4.69) is 0 Å². The molecule has 82 valence electrons. The number of hydrogen-bond acceptors (Lipinski definition) is 2. The van der Waals surface area contributed by atoms with Gasteiger partial charge in [-0.05, 0) is 25.0 Å². The molecule has 1 aliphatic rings. The predicted octanol–water partition coefficient (Wildman–Crippen LogP) is 2.94. The minimum atomic E-state index is -0.752. The van der Waals surface area contributed by atoms with Gasteiger partial charge in [0.25, 0.3) is 0 Å². The van der Waals surface area contributed by atoms with Gasteiger partial charge < -0.3 is 9.52 Å². The van der Waals surface area contributed by atoms with Crippen LogP contribution >= 0.6 is 0 Å². The first-order valence-corrected chi connectivity index (χ1v) is 5.40. The highest BCUT2D eigenvalue weighted by molar-refractivity contribution is 5.79. The van der Waals surface area contributed by atoms with Crippen LogP contribution in [0.4, 0.5) is 0 Å². The molecule has 1 aromatic carbocycles. The number of carboxylic acids is 1. The average molecular weight is 216 g/mol. The van der Waals surface area contributed by atoms with Crippen molar-refractivity contribution >= 4 is 16.9 Å². The van der Waals surface area contributed by atoms with Crippen LogP contribution < -0.4 is 0 Å². The van der Waals surface area contributed by atoms with E-state index in [9.17, 15) is 4.79 Å². The molecule has 3 nitrogen and oxygen atoms in total. The van der Waals surface area contributed by atoms with E-state index in [0.29, 0.717) is 0 Å². The van der Waals surface area contributed by atoms with E-state index in [1.165, 1.54) is 0 Å². The summed E-state index contributed by atoms with van der Waals surface area (Å²) in [6.07, 6.45) is 2.01. The zero-order valence-electron chi connectivity index (χ0n) is 8.77. The Labute approximate surface area is 92.7 Å². The Hall–Kier alpha value is -1.77. The van der Waals surface area contributed by atoms with Crippen LogP contribution in [0.1, 0.15) is 25.0 Å². The van der Waals surface area contributed by atoms with E-state index in [0.717, 1.165) is 29.6 Å². The highest BCUT2D eigenvalue weighted by Gasteiger charge is 2.48. The number of benzene rings is 1. The number of rotatable bonds is 3. The molecule has 1 aromatic heterocycles. The third-order valence-corrected chi connectivity index (χ3v) is 3.29. The van der Waals surface area contributed by atoms with Gasteiger partial charge in [-0.15, -0.1) is 0 Å². The van der Waals surface area contributed by atoms with E-state index >= 15 is 0 Å². The lowest BCUT2D eigenvalue weighted by atomic mass is 9.99. The Morgan fingerprint density at radius 2 is 2.12 bits per heavy atom. The third kappa shape index (κ3) is 1.40. The van der Waals surface area contributed by atoms with Crippen molar-refractivity contribution < 1.29 is 14.3 Å². The Morgan fingerprint density at radius 1 is 1.38 bits per heavy atom. The summed E-state index contributed by atoms with van der Waals surface area (Å²) in [5, 5.41) is 9.93. The summed E-state index contributed by atoms with van der Waals surface area (Å²) in [5.41, 5.74) is 0.611. The molecule has 1 aliphatic carbocycles. The monoisotopic (exact) mass is 216 g/mol. The molecule has 3 heteroatoms. The summed E-state index contributed by atoms with van der Waals surface area (Å²) in [5.74, 6) is 0.0778. The third-order valence-electron chi connectivity index (χ3n) is 3.29. The quantitative estimate of drug-likeness (QED) is 0.858. The van der Waals surface area contributed by atoms with Gasteiger partial charge in [-0.3, -0.25) is 4.79 Å². The molecule has 0 radical (unpaired) electrons. The van der Waals surface area contributed by atoms with Gasteiger partial charge in [-0.1, -0.05) is 18.2 Å². The fraction of sp³-hybridized carbons (Fsp3) is 0.308. The molecule has 0 bridgehead atoms. The molecule has 2 aromatic rings. The average Bonchev–Trinajstić information content (AvgIpc) is 2.89. The molecule has 3 rings (SSSR count). The Morgan fingerprint density at radius 3 is 2.75 bits per heavy atom. The molecule has 0 amide bonds. The Balaban J connectivity index is 2.03. The number of carbonyl (C=O) groups is 1. The second-order valence-electron chi connectivity index (χ2n) is 4.50. The molecule has 0 spiro atoms. The fourth-order valence-electron chi connectivity index (χ4n) is 2.19. The van der Waals surface area contributed by atoms with Crippen LogP contribution in [0, 0.1) is 0 Å². The SMILES string of the molecule is O=C(O)CC1(c2cc3ccccc3o2)CC1. The summed E-state index contributed by atoms with van der Waals surface area (Å²) in [4.78, 5) is 10.8. The predicted molar refractivity (Wildman–Crippen MR) is 59.4 cm³/mol. The van der Waals surface area contributed by atoms with Crippen molar-refractivity contribution in [1.82, 2.24) is 0 Å². The number of hydrogen-bond donors (Lipinski definition) is 1. The van der Waals surface area contributed by atoms with Gasteiger partial charge >= 0.3 is 5.97 Å². The second kappa shape index (κ2) is 3.11. The molecule has 0 atom stereocenters. The number of aliphatic carboxylic acids is 1. The molecule has 0 unspecified atom stereocenters. The Kier molecular flexibility index (Phi) is 1.84. The molecular formula is C13H12O3. The van der Waals surface area contributed by atoms with Crippen molar-refractivity contribution in [2.24, 2.45) is 0 Å². The van der Waals surface area contributed by atoms with Crippen molar-refractivity contribution in [1.29, 1.82) is 0 Å². The van der Waals surface area contributed by atoms with Crippen molar-refractivity contribution in [3.63, 3.8) is 0 Å². The minimum Gasteiger partial charge on any atom is -0.481 e. The summed E-state index contributed by atoms with van der Waals surface area (Å²) < 4.78 is 5.73. The number of furan rings is 1.